The number of carbonyl (C=O) groups excluding carboxylic acids is 2. The average Bonchev–Trinajstić information content (AvgIpc) is 3.01. The van der Waals surface area contributed by atoms with Crippen LogP contribution >= 0.6 is 23.2 Å². The van der Waals surface area contributed by atoms with E-state index >= 15 is 0 Å². The van der Waals surface area contributed by atoms with Crippen LogP contribution in [0.2, 0.25) is 10.0 Å². The topological polar surface area (TPSA) is 70.4 Å². The Hall–Kier alpha value is -2.83. The third-order valence-corrected chi connectivity index (χ3v) is 5.51. The van der Waals surface area contributed by atoms with E-state index in [2.05, 4.69) is 5.10 Å². The number of benzene rings is 2. The van der Waals surface area contributed by atoms with Crippen LogP contribution in [0.1, 0.15) is 37.7 Å². The Morgan fingerprint density at radius 2 is 1.81 bits per heavy atom. The van der Waals surface area contributed by atoms with Gasteiger partial charge in [0.1, 0.15) is 17.2 Å². The molecule has 0 spiro atoms. The van der Waals surface area contributed by atoms with Gasteiger partial charge in [-0.05, 0) is 45.0 Å². The molecular weight excluding hydrogens is 451 g/mol. The van der Waals surface area contributed by atoms with Gasteiger partial charge in [0.2, 0.25) is 5.78 Å². The van der Waals surface area contributed by atoms with E-state index in [4.69, 9.17) is 32.7 Å². The standard InChI is InChI=1S/C24H22Cl2N2O4/c1-24(2,3)32-23(30)16-12-13-31-22-19(21(16)29)27-28(18-7-5-4-6-17(18)26)20(22)14-8-10-15(25)11-9-14/h4-11,16H,12-13H2,1-3H3. The molecule has 8 heteroatoms. The molecule has 1 aromatic heterocycles. The summed E-state index contributed by atoms with van der Waals surface area (Å²) >= 11 is 12.5. The molecule has 1 atom stereocenters. The van der Waals surface area contributed by atoms with Gasteiger partial charge in [-0.25, -0.2) is 4.68 Å². The summed E-state index contributed by atoms with van der Waals surface area (Å²) in [5.74, 6) is -1.71. The van der Waals surface area contributed by atoms with Gasteiger partial charge in [0.05, 0.1) is 17.3 Å². The monoisotopic (exact) mass is 472 g/mol. The molecular formula is C24H22Cl2N2O4. The predicted molar refractivity (Wildman–Crippen MR) is 123 cm³/mol. The molecule has 1 aliphatic rings. The molecule has 0 saturated carbocycles. The lowest BCUT2D eigenvalue weighted by Crippen LogP contribution is -2.33. The summed E-state index contributed by atoms with van der Waals surface area (Å²) in [6.07, 6.45) is 0.205. The maximum Gasteiger partial charge on any atom is 0.317 e. The van der Waals surface area contributed by atoms with Gasteiger partial charge in [-0.1, -0.05) is 47.5 Å². The summed E-state index contributed by atoms with van der Waals surface area (Å²) in [6.45, 7) is 5.45. The number of halogens is 2. The Balaban J connectivity index is 1.88. The fourth-order valence-electron chi connectivity index (χ4n) is 3.53. The van der Waals surface area contributed by atoms with Gasteiger partial charge in [-0.2, -0.15) is 5.10 Å². The minimum absolute atomic E-state index is 0.0724. The molecule has 2 aromatic carbocycles. The Morgan fingerprint density at radius 3 is 2.47 bits per heavy atom. The maximum absolute atomic E-state index is 13.4. The van der Waals surface area contributed by atoms with Crippen LogP contribution in [0.4, 0.5) is 0 Å². The number of Topliss-reactive ketones (excluding diaryl/α,β-unsaturated/α-hetero) is 1. The lowest BCUT2D eigenvalue weighted by molar-refractivity contribution is -0.158. The number of rotatable bonds is 3. The zero-order chi connectivity index (χ0) is 23.0. The van der Waals surface area contributed by atoms with Crippen molar-refractivity contribution in [2.75, 3.05) is 6.61 Å². The maximum atomic E-state index is 13.4. The van der Waals surface area contributed by atoms with E-state index in [1.165, 1.54) is 0 Å². The van der Waals surface area contributed by atoms with Crippen LogP contribution in [0.5, 0.6) is 5.75 Å². The molecule has 166 valence electrons. The van der Waals surface area contributed by atoms with E-state index in [9.17, 15) is 9.59 Å². The van der Waals surface area contributed by atoms with Crippen molar-refractivity contribution in [1.29, 1.82) is 0 Å². The number of ether oxygens (including phenoxy) is 2. The highest BCUT2D eigenvalue weighted by Crippen LogP contribution is 2.40. The average molecular weight is 473 g/mol. The number of aromatic nitrogens is 2. The van der Waals surface area contributed by atoms with Gasteiger partial charge in [0.25, 0.3) is 0 Å². The summed E-state index contributed by atoms with van der Waals surface area (Å²) in [5, 5.41) is 5.60. The van der Waals surface area contributed by atoms with Crippen LogP contribution in [0.25, 0.3) is 16.9 Å². The van der Waals surface area contributed by atoms with Crippen molar-refractivity contribution in [3.63, 3.8) is 0 Å². The Labute approximate surface area is 196 Å². The second-order valence-corrected chi connectivity index (χ2v) is 9.33. The highest BCUT2D eigenvalue weighted by molar-refractivity contribution is 6.32. The first-order chi connectivity index (χ1) is 15.2. The van der Waals surface area contributed by atoms with Gasteiger partial charge in [0, 0.05) is 17.0 Å². The number of hydrogen-bond acceptors (Lipinski definition) is 5. The van der Waals surface area contributed by atoms with Crippen LogP contribution in [-0.4, -0.2) is 33.7 Å². The van der Waals surface area contributed by atoms with Crippen LogP contribution in [0.15, 0.2) is 48.5 Å². The van der Waals surface area contributed by atoms with Crippen molar-refractivity contribution in [2.45, 2.75) is 32.8 Å². The Kier molecular flexibility index (Phi) is 6.01. The lowest BCUT2D eigenvalue weighted by atomic mass is 9.98. The van der Waals surface area contributed by atoms with Crippen LogP contribution in [-0.2, 0) is 9.53 Å². The minimum Gasteiger partial charge on any atom is -0.489 e. The predicted octanol–water partition coefficient (Wildman–Crippen LogP) is 5.77. The number of carbonyl (C=O) groups is 2. The first-order valence-electron chi connectivity index (χ1n) is 10.2. The third-order valence-electron chi connectivity index (χ3n) is 4.93. The molecule has 4 rings (SSSR count). The van der Waals surface area contributed by atoms with Crippen molar-refractivity contribution in [3.8, 4) is 22.7 Å². The van der Waals surface area contributed by atoms with Crippen molar-refractivity contribution in [3.05, 3.63) is 64.3 Å². The molecule has 2 heterocycles. The van der Waals surface area contributed by atoms with E-state index in [0.29, 0.717) is 27.2 Å². The fourth-order valence-corrected chi connectivity index (χ4v) is 3.88. The molecule has 0 saturated heterocycles. The number of hydrogen-bond donors (Lipinski definition) is 0. The van der Waals surface area contributed by atoms with E-state index in [0.717, 1.165) is 5.56 Å². The molecule has 1 aliphatic heterocycles. The molecule has 0 fully saturated rings. The number of fused-ring (bicyclic) bond motifs is 1. The molecule has 0 radical (unpaired) electrons. The summed E-state index contributed by atoms with van der Waals surface area (Å²) in [5.41, 5.74) is 1.24. The quantitative estimate of drug-likeness (QED) is 0.357. The molecule has 1 unspecified atom stereocenters. The van der Waals surface area contributed by atoms with Gasteiger partial charge < -0.3 is 9.47 Å². The highest BCUT2D eigenvalue weighted by atomic mass is 35.5. The zero-order valence-corrected chi connectivity index (χ0v) is 19.4. The van der Waals surface area contributed by atoms with Gasteiger partial charge in [0.15, 0.2) is 11.4 Å². The first kappa shape index (κ1) is 22.4. The van der Waals surface area contributed by atoms with E-state index in [-0.39, 0.29) is 18.7 Å². The molecule has 6 nitrogen and oxygen atoms in total. The SMILES string of the molecule is CC(C)(C)OC(=O)C1CCOc2c(nn(-c3ccccc3Cl)c2-c2ccc(Cl)cc2)C1=O. The lowest BCUT2D eigenvalue weighted by Gasteiger charge is -2.22. The van der Waals surface area contributed by atoms with Gasteiger partial charge in [-0.15, -0.1) is 0 Å². The van der Waals surface area contributed by atoms with Crippen molar-refractivity contribution < 1.29 is 19.1 Å². The number of para-hydroxylation sites is 1. The summed E-state index contributed by atoms with van der Waals surface area (Å²) in [6, 6.07) is 14.3. The largest absolute Gasteiger partial charge is 0.489 e. The summed E-state index contributed by atoms with van der Waals surface area (Å²) in [7, 11) is 0. The molecule has 3 aromatic rings. The van der Waals surface area contributed by atoms with E-state index < -0.39 is 23.3 Å². The van der Waals surface area contributed by atoms with Gasteiger partial charge in [-0.3, -0.25) is 9.59 Å². The Bertz CT molecular complexity index is 1180. The molecule has 0 N–H and O–H groups in total. The first-order valence-corrected chi connectivity index (χ1v) is 10.9. The smallest absolute Gasteiger partial charge is 0.317 e. The van der Waals surface area contributed by atoms with Crippen LogP contribution < -0.4 is 4.74 Å². The van der Waals surface area contributed by atoms with Crippen molar-refractivity contribution in [1.82, 2.24) is 9.78 Å². The number of ketones is 1. The fraction of sp³-hybridized carbons (Fsp3) is 0.292. The summed E-state index contributed by atoms with van der Waals surface area (Å²) < 4.78 is 13.0. The zero-order valence-electron chi connectivity index (χ0n) is 17.9. The van der Waals surface area contributed by atoms with Crippen molar-refractivity contribution >= 4 is 35.0 Å². The number of esters is 1. The second kappa shape index (κ2) is 8.60. The summed E-state index contributed by atoms with van der Waals surface area (Å²) in [4.78, 5) is 26.2. The van der Waals surface area contributed by atoms with Crippen molar-refractivity contribution in [2.24, 2.45) is 5.92 Å². The van der Waals surface area contributed by atoms with Crippen LogP contribution in [0, 0.1) is 5.92 Å². The van der Waals surface area contributed by atoms with Gasteiger partial charge >= 0.3 is 5.97 Å². The minimum atomic E-state index is -0.997. The molecule has 0 bridgehead atoms. The molecule has 0 amide bonds. The van der Waals surface area contributed by atoms with Crippen LogP contribution in [0.3, 0.4) is 0 Å². The molecule has 32 heavy (non-hydrogen) atoms. The van der Waals surface area contributed by atoms with E-state index in [1.807, 2.05) is 24.3 Å². The van der Waals surface area contributed by atoms with E-state index in [1.54, 1.807) is 49.7 Å². The number of nitrogens with zero attached hydrogens (tertiary/aromatic N) is 2. The molecule has 0 aliphatic carbocycles. The highest BCUT2D eigenvalue weighted by Gasteiger charge is 2.39. The normalized spacial score (nSPS) is 16.2. The second-order valence-electron chi connectivity index (χ2n) is 8.48. The third kappa shape index (κ3) is 4.38. The Morgan fingerprint density at radius 1 is 1.12 bits per heavy atom.